The number of nitrogens with two attached hydrogens (primary N) is 2. The summed E-state index contributed by atoms with van der Waals surface area (Å²) in [5.74, 6) is 0. The Hall–Kier alpha value is -1.31. The fraction of sp³-hybridized carbons (Fsp3) is 0.538. The average Bonchev–Trinajstić information content (AvgIpc) is 2.37. The summed E-state index contributed by atoms with van der Waals surface area (Å²) < 4.78 is 22.7. The normalized spacial score (nSPS) is 13.4. The van der Waals surface area contributed by atoms with Crippen LogP contribution in [-0.4, -0.2) is 39.0 Å². The van der Waals surface area contributed by atoms with E-state index >= 15 is 0 Å². The van der Waals surface area contributed by atoms with Crippen LogP contribution in [0.1, 0.15) is 20.8 Å². The Morgan fingerprint density at radius 3 is 2.40 bits per heavy atom. The minimum absolute atomic E-state index is 0.0595. The number of nitrogens with one attached hydrogen (secondary N) is 1. The number of hydrogen-bond donors (Lipinski definition) is 3. The van der Waals surface area contributed by atoms with Gasteiger partial charge in [-0.25, -0.2) is 13.6 Å². The van der Waals surface area contributed by atoms with Gasteiger partial charge in [0.25, 0.3) is 0 Å². The van der Waals surface area contributed by atoms with Crippen LogP contribution in [0.15, 0.2) is 23.1 Å². The largest absolute Gasteiger partial charge is 0.397 e. The van der Waals surface area contributed by atoms with Crippen LogP contribution < -0.4 is 16.2 Å². The standard InChI is InChI=1S/C13H24N4O2S/c1-4-17(5-2)9-10(3)16-13-8-11(20(15,18)19)6-7-12(13)14/h6-8,10,16H,4-5,9,14H2,1-3H3,(H2,15,18,19). The van der Waals surface area contributed by atoms with Crippen LogP contribution in [0.25, 0.3) is 0 Å². The minimum Gasteiger partial charge on any atom is -0.397 e. The second kappa shape index (κ2) is 6.92. The molecule has 0 saturated carbocycles. The molecule has 1 unspecified atom stereocenters. The van der Waals surface area contributed by atoms with Crippen LogP contribution in [-0.2, 0) is 10.0 Å². The highest BCUT2D eigenvalue weighted by Crippen LogP contribution is 2.23. The zero-order chi connectivity index (χ0) is 15.3. The maximum absolute atomic E-state index is 11.4. The van der Waals surface area contributed by atoms with Crippen molar-refractivity contribution in [1.82, 2.24) is 4.90 Å². The quantitative estimate of drug-likeness (QED) is 0.654. The molecule has 0 aliphatic heterocycles. The van der Waals surface area contributed by atoms with Gasteiger partial charge in [-0.05, 0) is 38.2 Å². The molecule has 0 aliphatic carbocycles. The third-order valence-electron chi connectivity index (χ3n) is 3.18. The van der Waals surface area contributed by atoms with Gasteiger partial charge in [0.15, 0.2) is 0 Å². The minimum atomic E-state index is -3.72. The van der Waals surface area contributed by atoms with Gasteiger partial charge in [0.1, 0.15) is 0 Å². The van der Waals surface area contributed by atoms with E-state index in [1.807, 2.05) is 6.92 Å². The number of benzene rings is 1. The van der Waals surface area contributed by atoms with Crippen LogP contribution in [0.5, 0.6) is 0 Å². The number of anilines is 2. The number of likely N-dealkylation sites (N-methyl/N-ethyl adjacent to an activating group) is 1. The number of nitrogens with zero attached hydrogens (tertiary/aromatic N) is 1. The summed E-state index contributed by atoms with van der Waals surface area (Å²) in [6.45, 7) is 9.02. The summed E-state index contributed by atoms with van der Waals surface area (Å²) in [7, 11) is -3.72. The molecule has 0 spiro atoms. The van der Waals surface area contributed by atoms with E-state index in [0.29, 0.717) is 11.4 Å². The molecular formula is C13H24N4O2S. The molecule has 6 nitrogen and oxygen atoms in total. The molecule has 0 saturated heterocycles. The van der Waals surface area contributed by atoms with Gasteiger partial charge in [0.2, 0.25) is 10.0 Å². The number of primary sulfonamides is 1. The molecule has 7 heteroatoms. The maximum Gasteiger partial charge on any atom is 0.238 e. The first-order valence-corrected chi connectivity index (χ1v) is 8.23. The van der Waals surface area contributed by atoms with Crippen molar-refractivity contribution >= 4 is 21.4 Å². The summed E-state index contributed by atoms with van der Waals surface area (Å²) in [5.41, 5.74) is 6.96. The Kier molecular flexibility index (Phi) is 5.79. The lowest BCUT2D eigenvalue weighted by atomic mass is 10.2. The fourth-order valence-corrected chi connectivity index (χ4v) is 2.56. The molecule has 1 aromatic rings. The fourth-order valence-electron chi connectivity index (χ4n) is 2.02. The molecule has 20 heavy (non-hydrogen) atoms. The van der Waals surface area contributed by atoms with E-state index in [9.17, 15) is 8.42 Å². The van der Waals surface area contributed by atoms with Gasteiger partial charge < -0.3 is 16.0 Å². The van der Waals surface area contributed by atoms with Gasteiger partial charge in [0, 0.05) is 12.6 Å². The predicted octanol–water partition coefficient (Wildman–Crippen LogP) is 1.06. The summed E-state index contributed by atoms with van der Waals surface area (Å²) in [6.07, 6.45) is 0. The average molecular weight is 300 g/mol. The first-order valence-electron chi connectivity index (χ1n) is 6.69. The van der Waals surface area contributed by atoms with Crippen LogP contribution in [0.2, 0.25) is 0 Å². The van der Waals surface area contributed by atoms with Crippen LogP contribution in [0, 0.1) is 0 Å². The van der Waals surface area contributed by atoms with Crippen molar-refractivity contribution in [3.8, 4) is 0 Å². The lowest BCUT2D eigenvalue weighted by Gasteiger charge is -2.24. The molecule has 5 N–H and O–H groups in total. The first-order chi connectivity index (χ1) is 9.27. The Morgan fingerprint density at radius 2 is 1.90 bits per heavy atom. The zero-order valence-electron chi connectivity index (χ0n) is 12.3. The SMILES string of the molecule is CCN(CC)CC(C)Nc1cc(S(N)(=O)=O)ccc1N. The van der Waals surface area contributed by atoms with E-state index in [4.69, 9.17) is 10.9 Å². The lowest BCUT2D eigenvalue weighted by molar-refractivity contribution is 0.295. The maximum atomic E-state index is 11.4. The lowest BCUT2D eigenvalue weighted by Crippen LogP contribution is -2.34. The number of rotatable bonds is 7. The van der Waals surface area contributed by atoms with E-state index in [-0.39, 0.29) is 10.9 Å². The Balaban J connectivity index is 2.86. The Labute approximate surface area is 121 Å². The van der Waals surface area contributed by atoms with Gasteiger partial charge >= 0.3 is 0 Å². The second-order valence-corrected chi connectivity index (χ2v) is 6.39. The third kappa shape index (κ3) is 4.66. The molecule has 0 fully saturated rings. The van der Waals surface area contributed by atoms with Crippen molar-refractivity contribution in [3.63, 3.8) is 0 Å². The molecule has 0 heterocycles. The van der Waals surface area contributed by atoms with Crippen LogP contribution >= 0.6 is 0 Å². The molecular weight excluding hydrogens is 276 g/mol. The van der Waals surface area contributed by atoms with Crippen molar-refractivity contribution < 1.29 is 8.42 Å². The molecule has 1 rings (SSSR count). The highest BCUT2D eigenvalue weighted by Gasteiger charge is 2.13. The van der Waals surface area contributed by atoms with Gasteiger partial charge in [0.05, 0.1) is 16.3 Å². The zero-order valence-corrected chi connectivity index (χ0v) is 13.1. The van der Waals surface area contributed by atoms with Crippen molar-refractivity contribution in [2.75, 3.05) is 30.7 Å². The molecule has 0 aromatic heterocycles. The monoisotopic (exact) mass is 300 g/mol. The van der Waals surface area contributed by atoms with E-state index < -0.39 is 10.0 Å². The molecule has 0 amide bonds. The molecule has 0 radical (unpaired) electrons. The molecule has 114 valence electrons. The Bertz CT molecular complexity index is 541. The predicted molar refractivity (Wildman–Crippen MR) is 83.1 cm³/mol. The van der Waals surface area contributed by atoms with Crippen LogP contribution in [0.3, 0.4) is 0 Å². The van der Waals surface area contributed by atoms with Gasteiger partial charge in [-0.3, -0.25) is 0 Å². The van der Waals surface area contributed by atoms with Gasteiger partial charge in [-0.15, -0.1) is 0 Å². The van der Waals surface area contributed by atoms with Crippen LogP contribution in [0.4, 0.5) is 11.4 Å². The Morgan fingerprint density at radius 1 is 1.30 bits per heavy atom. The van der Waals surface area contributed by atoms with Crippen molar-refractivity contribution in [3.05, 3.63) is 18.2 Å². The number of hydrogen-bond acceptors (Lipinski definition) is 5. The van der Waals surface area contributed by atoms with E-state index in [1.165, 1.54) is 12.1 Å². The van der Waals surface area contributed by atoms with E-state index in [1.54, 1.807) is 6.07 Å². The first kappa shape index (κ1) is 16.7. The second-order valence-electron chi connectivity index (χ2n) is 4.83. The van der Waals surface area contributed by atoms with E-state index in [2.05, 4.69) is 24.1 Å². The molecule has 1 aromatic carbocycles. The number of nitrogen functional groups attached to an aromatic ring is 1. The van der Waals surface area contributed by atoms with Crippen molar-refractivity contribution in [2.45, 2.75) is 31.7 Å². The molecule has 1 atom stereocenters. The number of sulfonamides is 1. The summed E-state index contributed by atoms with van der Waals surface area (Å²) >= 11 is 0. The van der Waals surface area contributed by atoms with Crippen molar-refractivity contribution in [1.29, 1.82) is 0 Å². The van der Waals surface area contributed by atoms with Gasteiger partial charge in [-0.2, -0.15) is 0 Å². The molecule has 0 bridgehead atoms. The summed E-state index contributed by atoms with van der Waals surface area (Å²) in [6, 6.07) is 4.58. The van der Waals surface area contributed by atoms with Gasteiger partial charge in [-0.1, -0.05) is 13.8 Å². The highest BCUT2D eigenvalue weighted by molar-refractivity contribution is 7.89. The van der Waals surface area contributed by atoms with Crippen molar-refractivity contribution in [2.24, 2.45) is 5.14 Å². The summed E-state index contributed by atoms with van der Waals surface area (Å²) in [5, 5.41) is 8.36. The smallest absolute Gasteiger partial charge is 0.238 e. The third-order valence-corrected chi connectivity index (χ3v) is 4.09. The summed E-state index contributed by atoms with van der Waals surface area (Å²) in [4.78, 5) is 2.33. The van der Waals surface area contributed by atoms with E-state index in [0.717, 1.165) is 19.6 Å². The topological polar surface area (TPSA) is 101 Å². The highest BCUT2D eigenvalue weighted by atomic mass is 32.2. The molecule has 0 aliphatic rings.